The third kappa shape index (κ3) is 1.31. The maximum absolute atomic E-state index is 7.68. The SMILES string of the molecule is COc1ccc2cccc([NH])c2c1. The van der Waals surface area contributed by atoms with Gasteiger partial charge in [-0.25, -0.2) is 0 Å². The lowest BCUT2D eigenvalue weighted by Crippen LogP contribution is -1.82. The minimum Gasteiger partial charge on any atom is -0.497 e. The largest absolute Gasteiger partial charge is 0.497 e. The van der Waals surface area contributed by atoms with E-state index in [1.165, 1.54) is 0 Å². The average molecular weight is 172 g/mol. The van der Waals surface area contributed by atoms with Crippen LogP contribution in [0.2, 0.25) is 0 Å². The molecule has 0 aromatic heterocycles. The Balaban J connectivity index is 2.74. The third-order valence-corrected chi connectivity index (χ3v) is 2.09. The number of benzene rings is 2. The first-order valence-corrected chi connectivity index (χ1v) is 4.09. The third-order valence-electron chi connectivity index (χ3n) is 2.09. The minimum atomic E-state index is 0.538. The Morgan fingerprint density at radius 2 is 2.00 bits per heavy atom. The number of methoxy groups -OCH3 is 1. The zero-order valence-corrected chi connectivity index (χ0v) is 7.37. The predicted octanol–water partition coefficient (Wildman–Crippen LogP) is 2.76. The molecule has 13 heavy (non-hydrogen) atoms. The van der Waals surface area contributed by atoms with Gasteiger partial charge < -0.3 is 10.5 Å². The van der Waals surface area contributed by atoms with Crippen molar-refractivity contribution in [1.82, 2.24) is 5.73 Å². The molecule has 2 nitrogen and oxygen atoms in total. The van der Waals surface area contributed by atoms with Crippen molar-refractivity contribution in [1.29, 1.82) is 0 Å². The van der Waals surface area contributed by atoms with Crippen molar-refractivity contribution in [3.8, 4) is 5.75 Å². The Bertz CT molecular complexity index is 437. The van der Waals surface area contributed by atoms with E-state index in [4.69, 9.17) is 10.5 Å². The molecule has 1 radical (unpaired) electrons. The highest BCUT2D eigenvalue weighted by molar-refractivity contribution is 5.92. The maximum Gasteiger partial charge on any atom is 0.119 e. The fraction of sp³-hybridized carbons (Fsp3) is 0.0909. The highest BCUT2D eigenvalue weighted by Crippen LogP contribution is 2.25. The molecule has 2 heteroatoms. The van der Waals surface area contributed by atoms with E-state index >= 15 is 0 Å². The number of fused-ring (bicyclic) bond motifs is 1. The molecule has 1 N–H and O–H groups in total. The summed E-state index contributed by atoms with van der Waals surface area (Å²) >= 11 is 0. The second-order valence-corrected chi connectivity index (χ2v) is 2.89. The van der Waals surface area contributed by atoms with Crippen LogP contribution in [0, 0.1) is 0 Å². The van der Waals surface area contributed by atoms with Crippen LogP contribution in [0.5, 0.6) is 5.75 Å². The van der Waals surface area contributed by atoms with E-state index in [0.29, 0.717) is 5.69 Å². The van der Waals surface area contributed by atoms with Crippen molar-refractivity contribution >= 4 is 16.5 Å². The molecule has 2 aromatic carbocycles. The lowest BCUT2D eigenvalue weighted by Gasteiger charge is -2.03. The molecule has 0 bridgehead atoms. The normalized spacial score (nSPS) is 10.2. The van der Waals surface area contributed by atoms with Crippen molar-refractivity contribution in [2.75, 3.05) is 7.11 Å². The Hall–Kier alpha value is -1.70. The molecule has 2 aromatic rings. The zero-order valence-electron chi connectivity index (χ0n) is 7.37. The molecule has 0 atom stereocenters. The highest BCUT2D eigenvalue weighted by atomic mass is 16.5. The molecular weight excluding hydrogens is 162 g/mol. The fourth-order valence-corrected chi connectivity index (χ4v) is 1.38. The Kier molecular flexibility index (Phi) is 1.81. The molecule has 0 aliphatic rings. The standard InChI is InChI=1S/C11H10NO/c1-13-9-6-5-8-3-2-4-11(12)10(8)7-9/h2-7,12H,1H3. The lowest BCUT2D eigenvalue weighted by atomic mass is 10.1. The van der Waals surface area contributed by atoms with Gasteiger partial charge in [0.2, 0.25) is 0 Å². The van der Waals surface area contributed by atoms with Crippen molar-refractivity contribution in [2.24, 2.45) is 0 Å². The first-order valence-electron chi connectivity index (χ1n) is 4.09. The molecule has 0 aliphatic heterocycles. The van der Waals surface area contributed by atoms with Gasteiger partial charge in [-0.2, -0.15) is 0 Å². The van der Waals surface area contributed by atoms with Gasteiger partial charge in [-0.1, -0.05) is 18.2 Å². The Labute approximate surface area is 76.9 Å². The first-order chi connectivity index (χ1) is 6.31. The summed E-state index contributed by atoms with van der Waals surface area (Å²) < 4.78 is 5.09. The summed E-state index contributed by atoms with van der Waals surface area (Å²) in [5.41, 5.74) is 8.22. The molecule has 0 fully saturated rings. The number of ether oxygens (including phenoxy) is 1. The second-order valence-electron chi connectivity index (χ2n) is 2.89. The van der Waals surface area contributed by atoms with E-state index in [1.807, 2.05) is 30.3 Å². The smallest absolute Gasteiger partial charge is 0.119 e. The monoisotopic (exact) mass is 172 g/mol. The lowest BCUT2D eigenvalue weighted by molar-refractivity contribution is 0.415. The molecule has 0 heterocycles. The summed E-state index contributed by atoms with van der Waals surface area (Å²) in [6.45, 7) is 0. The summed E-state index contributed by atoms with van der Waals surface area (Å²) in [5.74, 6) is 0.798. The molecule has 0 aliphatic carbocycles. The molecule has 65 valence electrons. The van der Waals surface area contributed by atoms with Crippen LogP contribution in [0.3, 0.4) is 0 Å². The number of hydrogen-bond acceptors (Lipinski definition) is 1. The summed E-state index contributed by atoms with van der Waals surface area (Å²) in [6.07, 6.45) is 0. The molecule has 0 spiro atoms. The van der Waals surface area contributed by atoms with Crippen LogP contribution < -0.4 is 10.5 Å². The van der Waals surface area contributed by atoms with Crippen LogP contribution in [0.1, 0.15) is 0 Å². The van der Waals surface area contributed by atoms with Gasteiger partial charge in [0.1, 0.15) is 5.75 Å². The number of hydrogen-bond donors (Lipinski definition) is 0. The van der Waals surface area contributed by atoms with Crippen LogP contribution in [-0.4, -0.2) is 7.11 Å². The topological polar surface area (TPSA) is 33.0 Å². The van der Waals surface area contributed by atoms with E-state index in [-0.39, 0.29) is 0 Å². The minimum absolute atomic E-state index is 0.538. The summed E-state index contributed by atoms with van der Waals surface area (Å²) in [4.78, 5) is 0. The molecule has 0 saturated heterocycles. The fourth-order valence-electron chi connectivity index (χ4n) is 1.38. The van der Waals surface area contributed by atoms with Gasteiger partial charge in [0.25, 0.3) is 0 Å². The van der Waals surface area contributed by atoms with Crippen molar-refractivity contribution < 1.29 is 4.74 Å². The van der Waals surface area contributed by atoms with Crippen molar-refractivity contribution in [3.63, 3.8) is 0 Å². The van der Waals surface area contributed by atoms with Gasteiger partial charge in [0.05, 0.1) is 12.8 Å². The Morgan fingerprint density at radius 3 is 2.77 bits per heavy atom. The molecular formula is C11H10NO. The predicted molar refractivity (Wildman–Crippen MR) is 53.3 cm³/mol. The van der Waals surface area contributed by atoms with E-state index in [9.17, 15) is 0 Å². The van der Waals surface area contributed by atoms with Crippen molar-refractivity contribution in [2.45, 2.75) is 0 Å². The maximum atomic E-state index is 7.68. The van der Waals surface area contributed by atoms with Crippen LogP contribution >= 0.6 is 0 Å². The van der Waals surface area contributed by atoms with Crippen LogP contribution in [0.25, 0.3) is 10.8 Å². The van der Waals surface area contributed by atoms with Gasteiger partial charge >= 0.3 is 0 Å². The van der Waals surface area contributed by atoms with E-state index in [0.717, 1.165) is 16.5 Å². The molecule has 0 saturated carbocycles. The van der Waals surface area contributed by atoms with Gasteiger partial charge in [-0.3, -0.25) is 0 Å². The van der Waals surface area contributed by atoms with Crippen molar-refractivity contribution in [3.05, 3.63) is 36.4 Å². The quantitative estimate of drug-likeness (QED) is 0.651. The zero-order chi connectivity index (χ0) is 9.26. The average Bonchev–Trinajstić information content (AvgIpc) is 2.18. The van der Waals surface area contributed by atoms with Gasteiger partial charge in [0.15, 0.2) is 0 Å². The first kappa shape index (κ1) is 7.92. The van der Waals surface area contributed by atoms with E-state index < -0.39 is 0 Å². The number of rotatable bonds is 1. The van der Waals surface area contributed by atoms with Gasteiger partial charge in [-0.15, -0.1) is 0 Å². The summed E-state index contributed by atoms with van der Waals surface area (Å²) in [7, 11) is 1.63. The molecule has 0 amide bonds. The summed E-state index contributed by atoms with van der Waals surface area (Å²) in [5, 5.41) is 2.01. The molecule has 0 unspecified atom stereocenters. The summed E-state index contributed by atoms with van der Waals surface area (Å²) in [6, 6.07) is 11.4. The van der Waals surface area contributed by atoms with Gasteiger partial charge in [0, 0.05) is 5.39 Å². The molecule has 2 rings (SSSR count). The van der Waals surface area contributed by atoms with Crippen LogP contribution in [0.15, 0.2) is 36.4 Å². The van der Waals surface area contributed by atoms with E-state index in [2.05, 4.69) is 0 Å². The van der Waals surface area contributed by atoms with E-state index in [1.54, 1.807) is 13.2 Å². The highest BCUT2D eigenvalue weighted by Gasteiger charge is 1.98. The second kappa shape index (κ2) is 2.98. The van der Waals surface area contributed by atoms with Crippen LogP contribution in [0.4, 0.5) is 5.69 Å². The Morgan fingerprint density at radius 1 is 1.15 bits per heavy atom. The van der Waals surface area contributed by atoms with Crippen LogP contribution in [-0.2, 0) is 0 Å². The number of nitrogens with one attached hydrogen (secondary N) is 1. The van der Waals surface area contributed by atoms with Gasteiger partial charge in [-0.05, 0) is 23.6 Å².